The van der Waals surface area contributed by atoms with Gasteiger partial charge in [0.05, 0.1) is 67.8 Å². The van der Waals surface area contributed by atoms with Gasteiger partial charge in [-0.3, -0.25) is 43.3 Å². The van der Waals surface area contributed by atoms with Gasteiger partial charge in [-0.25, -0.2) is 14.4 Å². The van der Waals surface area contributed by atoms with E-state index in [-0.39, 0.29) is 63.2 Å². The molecule has 2 aromatic rings. The zero-order valence-electron chi connectivity index (χ0n) is 57.1. The Kier molecular flexibility index (Phi) is 31.6. The Morgan fingerprint density at radius 3 is 1.95 bits per heavy atom. The number of hydrogen-bond donors (Lipinski definition) is 10. The van der Waals surface area contributed by atoms with Crippen LogP contribution in [0.4, 0.5) is 15.3 Å². The topological polar surface area (TPSA) is 391 Å². The van der Waals surface area contributed by atoms with Crippen molar-refractivity contribution in [1.82, 2.24) is 46.6 Å². The average Bonchev–Trinajstić information content (AvgIpc) is 1.41. The molecule has 524 valence electrons. The summed E-state index contributed by atoms with van der Waals surface area (Å²) in [6, 6.07) is 6.01. The van der Waals surface area contributed by atoms with Gasteiger partial charge in [0, 0.05) is 53.5 Å². The molecule has 28 nitrogen and oxygen atoms in total. The number of rotatable bonds is 36. The molecular formula is C66H104N12O16. The number of amides is 11. The van der Waals surface area contributed by atoms with E-state index in [0.717, 1.165) is 4.90 Å². The molecule has 0 aliphatic carbocycles. The molecule has 0 aromatic heterocycles. The minimum absolute atomic E-state index is 0.0203. The molecule has 11 amide bonds. The fourth-order valence-electron chi connectivity index (χ4n) is 11.9. The molecule has 2 fully saturated rings. The van der Waals surface area contributed by atoms with Crippen LogP contribution >= 0.6 is 0 Å². The number of nitrogens with zero attached hydrogens (tertiary/aromatic N) is 3. The fourth-order valence-corrected chi connectivity index (χ4v) is 11.9. The molecule has 2 aliphatic rings. The number of ether oxygens (including phenoxy) is 4. The van der Waals surface area contributed by atoms with Crippen molar-refractivity contribution in [3.8, 4) is 0 Å². The van der Waals surface area contributed by atoms with E-state index in [1.54, 1.807) is 104 Å². The molecule has 94 heavy (non-hydrogen) atoms. The summed E-state index contributed by atoms with van der Waals surface area (Å²) in [5, 5.41) is 29.7. The van der Waals surface area contributed by atoms with Crippen LogP contribution in [-0.2, 0) is 68.7 Å². The smallest absolute Gasteiger partial charge is 0.410 e. The van der Waals surface area contributed by atoms with Crippen LogP contribution in [0.15, 0.2) is 54.6 Å². The third kappa shape index (κ3) is 22.6. The summed E-state index contributed by atoms with van der Waals surface area (Å²) in [7, 11) is 6.05. The largest absolute Gasteiger partial charge is 0.464 e. The number of primary amides is 1. The van der Waals surface area contributed by atoms with E-state index < -0.39 is 156 Å². The third-order valence-corrected chi connectivity index (χ3v) is 17.5. The van der Waals surface area contributed by atoms with Crippen molar-refractivity contribution >= 4 is 71.0 Å². The lowest BCUT2D eigenvalue weighted by atomic mass is 9.89. The van der Waals surface area contributed by atoms with E-state index in [2.05, 4.69) is 37.2 Å². The number of anilines is 1. The number of likely N-dealkylation sites (N-methyl/N-ethyl adjacent to an activating group) is 2. The first-order valence-electron chi connectivity index (χ1n) is 32.5. The second-order valence-electron chi connectivity index (χ2n) is 25.6. The molecule has 2 heterocycles. The number of nitrogens with two attached hydrogens (primary N) is 2. The second kappa shape index (κ2) is 37.8. The number of likely N-dealkylation sites (tertiary alicyclic amines) is 1. The van der Waals surface area contributed by atoms with Gasteiger partial charge in [0.1, 0.15) is 36.8 Å². The van der Waals surface area contributed by atoms with Crippen molar-refractivity contribution in [3.05, 3.63) is 65.7 Å². The summed E-state index contributed by atoms with van der Waals surface area (Å²) in [5.74, 6) is -7.37. The van der Waals surface area contributed by atoms with Gasteiger partial charge in [0.25, 0.3) is 0 Å². The van der Waals surface area contributed by atoms with Crippen LogP contribution in [0.1, 0.15) is 138 Å². The number of esters is 1. The fraction of sp³-hybridized carbons (Fsp3) is 0.652. The van der Waals surface area contributed by atoms with E-state index in [9.17, 15) is 57.8 Å². The molecule has 12 N–H and O–H groups in total. The minimum Gasteiger partial charge on any atom is -0.464 e. The maximum absolute atomic E-state index is 14.8. The van der Waals surface area contributed by atoms with Crippen molar-refractivity contribution in [2.75, 3.05) is 53.3 Å². The maximum Gasteiger partial charge on any atom is 0.410 e. The lowest BCUT2D eigenvalue weighted by Crippen LogP contribution is -2.60. The maximum atomic E-state index is 14.8. The van der Waals surface area contributed by atoms with Crippen LogP contribution in [0.5, 0.6) is 0 Å². The highest BCUT2D eigenvalue weighted by Gasteiger charge is 2.44. The molecule has 0 unspecified atom stereocenters. The summed E-state index contributed by atoms with van der Waals surface area (Å²) in [5.41, 5.74) is 12.7. The summed E-state index contributed by atoms with van der Waals surface area (Å²) in [6.07, 6.45) is -1.46. The quantitative estimate of drug-likeness (QED) is 0.0346. The van der Waals surface area contributed by atoms with Crippen LogP contribution in [0, 0.1) is 29.6 Å². The standard InChI is InChI=1S/C66H104N12O16/c1-15-39(8)55(49(91-13)34-51(80)78-31-20-24-48(78)57(92-14)40(9)58(82)70-41(10)56(81)43-21-17-16-18-22-43)76(11)63(87)53(37(4)5)75-62(86)54(38(6)7)77(12)66(90)94-35-42-25-27-44(28-26-42)71-60(84)46(23-19-30-69-65(68)89)73-61(85)52(36(2)3)74-59(83)45(67)33-50(79)72-47-29-32-93-64(47)88/h16-18,21-22,25-28,36-41,45-49,52-57,81H,15,19-20,23-24,29-35,67H2,1-14H3,(H,70,82)(H,71,84)(H,72,79)(H,73,85)(H,74,83)(H,75,86)(H3,68,69,89)/t39-,40+,41+,45-,46-,47-,48-,49+,52-,53-,54-,55-,56+,57+/m0/s1. The Morgan fingerprint density at radius 1 is 0.745 bits per heavy atom. The summed E-state index contributed by atoms with van der Waals surface area (Å²) in [6.45, 7) is 18.2. The SMILES string of the molecule is CC[C@H](C)[C@@H]([C@@H](CC(=O)N1CCC[C@H]1[C@H](OC)[C@@H](C)C(=O)N[C@H](C)[C@@H](O)c1ccccc1)OC)N(C)C(=O)[C@@H](NC(=O)[C@H](C(C)C)N(C)C(=O)OCc1ccc(NC(=O)[C@H](CCCNC(N)=O)NC(=O)[C@@H](NC(=O)[C@@H](N)CC(=O)N[C@H]2CCOC2=O)C(C)C)cc1)C(C)C. The first kappa shape index (κ1) is 78.5. The van der Waals surface area contributed by atoms with Crippen LogP contribution < -0.4 is 48.7 Å². The Morgan fingerprint density at radius 2 is 1.38 bits per heavy atom. The Balaban J connectivity index is 1.39. The van der Waals surface area contributed by atoms with Gasteiger partial charge >= 0.3 is 18.1 Å². The van der Waals surface area contributed by atoms with Crippen molar-refractivity contribution < 1.29 is 76.8 Å². The normalized spacial score (nSPS) is 18.5. The molecule has 0 bridgehead atoms. The highest BCUT2D eigenvalue weighted by atomic mass is 16.6. The summed E-state index contributed by atoms with van der Waals surface area (Å²) in [4.78, 5) is 152. The number of carbonyl (C=O) groups excluding carboxylic acids is 11. The number of aliphatic hydroxyl groups excluding tert-OH is 1. The van der Waals surface area contributed by atoms with Gasteiger partial charge in [-0.1, -0.05) is 111 Å². The van der Waals surface area contributed by atoms with E-state index in [1.165, 1.54) is 26.2 Å². The predicted molar refractivity (Wildman–Crippen MR) is 349 cm³/mol. The predicted octanol–water partition coefficient (Wildman–Crippen LogP) is 2.74. The molecule has 4 rings (SSSR count). The Bertz CT molecular complexity index is 2870. The average molecular weight is 1320 g/mol. The lowest BCUT2D eigenvalue weighted by molar-refractivity contribution is -0.148. The number of carbonyl (C=O) groups is 11. The summed E-state index contributed by atoms with van der Waals surface area (Å²) < 4.78 is 22.6. The molecular weight excluding hydrogens is 1220 g/mol. The van der Waals surface area contributed by atoms with Crippen LogP contribution in [-0.4, -0.2) is 200 Å². The molecule has 0 saturated carbocycles. The zero-order chi connectivity index (χ0) is 70.3. The van der Waals surface area contributed by atoms with Gasteiger partial charge in [0.2, 0.25) is 47.3 Å². The minimum atomic E-state index is -1.39. The van der Waals surface area contributed by atoms with Crippen LogP contribution in [0.3, 0.4) is 0 Å². The number of aliphatic hydroxyl groups is 1. The molecule has 28 heteroatoms. The summed E-state index contributed by atoms with van der Waals surface area (Å²) >= 11 is 0. The van der Waals surface area contributed by atoms with E-state index in [0.29, 0.717) is 42.6 Å². The first-order valence-corrected chi connectivity index (χ1v) is 32.5. The Hall–Kier alpha value is -7.95. The van der Waals surface area contributed by atoms with Gasteiger partial charge in [-0.2, -0.15) is 0 Å². The van der Waals surface area contributed by atoms with E-state index in [4.69, 9.17) is 30.4 Å². The lowest BCUT2D eigenvalue weighted by Gasteiger charge is -2.41. The van der Waals surface area contributed by atoms with E-state index >= 15 is 0 Å². The molecule has 2 aromatic carbocycles. The number of methoxy groups -OCH3 is 2. The highest BCUT2D eigenvalue weighted by Crippen LogP contribution is 2.31. The zero-order valence-corrected chi connectivity index (χ0v) is 57.1. The molecule has 0 spiro atoms. The number of nitrogens with one attached hydrogen (secondary N) is 7. The van der Waals surface area contributed by atoms with E-state index in [1.807, 2.05) is 32.0 Å². The van der Waals surface area contributed by atoms with Crippen molar-refractivity contribution in [2.24, 2.45) is 41.1 Å². The van der Waals surface area contributed by atoms with Gasteiger partial charge in [-0.15, -0.1) is 0 Å². The Labute approximate surface area is 552 Å². The third-order valence-electron chi connectivity index (χ3n) is 17.5. The van der Waals surface area contributed by atoms with Crippen molar-refractivity contribution in [1.29, 1.82) is 0 Å². The first-order chi connectivity index (χ1) is 44.4. The molecule has 0 radical (unpaired) electrons. The number of benzene rings is 2. The molecule has 2 aliphatic heterocycles. The van der Waals surface area contributed by atoms with Gasteiger partial charge in [-0.05, 0) is 79.5 Å². The molecule has 2 saturated heterocycles. The van der Waals surface area contributed by atoms with Crippen molar-refractivity contribution in [3.63, 3.8) is 0 Å². The monoisotopic (exact) mass is 1320 g/mol. The highest BCUT2D eigenvalue weighted by molar-refractivity contribution is 5.99. The molecule has 14 atom stereocenters. The van der Waals surface area contributed by atoms with Gasteiger partial charge < -0.3 is 82.5 Å². The number of cyclic esters (lactones) is 1. The second-order valence-corrected chi connectivity index (χ2v) is 25.6. The van der Waals surface area contributed by atoms with Crippen LogP contribution in [0.25, 0.3) is 0 Å². The number of hydrogen-bond acceptors (Lipinski definition) is 17. The number of urea groups is 1. The van der Waals surface area contributed by atoms with Crippen molar-refractivity contribution in [2.45, 2.75) is 200 Å². The van der Waals surface area contributed by atoms with Gasteiger partial charge in [0.15, 0.2) is 0 Å². The van der Waals surface area contributed by atoms with Crippen LogP contribution in [0.2, 0.25) is 0 Å².